The lowest BCUT2D eigenvalue weighted by Crippen LogP contribution is -2.37. The Bertz CT molecular complexity index is 755. The predicted molar refractivity (Wildman–Crippen MR) is 90.7 cm³/mol. The zero-order valence-corrected chi connectivity index (χ0v) is 13.9. The second-order valence-electron chi connectivity index (χ2n) is 6.99. The van der Waals surface area contributed by atoms with Gasteiger partial charge in [-0.25, -0.2) is 0 Å². The number of carboxylic acid groups (broad SMARTS) is 1. The van der Waals surface area contributed by atoms with Crippen molar-refractivity contribution >= 4 is 11.9 Å². The first kappa shape index (κ1) is 15.9. The molecule has 1 saturated carbocycles. The molecule has 1 aromatic carbocycles. The Morgan fingerprint density at radius 1 is 1.12 bits per heavy atom. The molecule has 1 unspecified atom stereocenters. The molecule has 2 heterocycles. The Hall–Kier alpha value is -2.63. The first-order valence-corrected chi connectivity index (χ1v) is 8.71. The van der Waals surface area contributed by atoms with E-state index >= 15 is 0 Å². The number of carboxylic acids is 1. The SMILES string of the molecule is O=C(O)[C@H]1CN(C(=O)C(c2ccccc2)n2cccn2)C[C@@H]1C1CC1. The molecular formula is C19H21N3O3. The van der Waals surface area contributed by atoms with Crippen LogP contribution < -0.4 is 0 Å². The molecule has 0 spiro atoms. The molecule has 1 amide bonds. The van der Waals surface area contributed by atoms with Crippen LogP contribution in [-0.4, -0.2) is 44.8 Å². The van der Waals surface area contributed by atoms with Gasteiger partial charge in [-0.05, 0) is 36.3 Å². The van der Waals surface area contributed by atoms with Gasteiger partial charge in [0.25, 0.3) is 5.91 Å². The zero-order chi connectivity index (χ0) is 17.4. The number of hydrogen-bond acceptors (Lipinski definition) is 3. The summed E-state index contributed by atoms with van der Waals surface area (Å²) in [4.78, 5) is 26.6. The third kappa shape index (κ3) is 3.04. The number of aliphatic carboxylic acids is 1. The van der Waals surface area contributed by atoms with E-state index in [0.29, 0.717) is 19.0 Å². The van der Waals surface area contributed by atoms with Crippen molar-refractivity contribution in [1.29, 1.82) is 0 Å². The molecule has 1 aromatic heterocycles. The molecule has 6 nitrogen and oxygen atoms in total. The average Bonchev–Trinajstić information content (AvgIpc) is 3.14. The van der Waals surface area contributed by atoms with Crippen molar-refractivity contribution < 1.29 is 14.7 Å². The minimum absolute atomic E-state index is 0.0792. The van der Waals surface area contributed by atoms with Gasteiger partial charge in [0.2, 0.25) is 0 Å². The highest BCUT2D eigenvalue weighted by atomic mass is 16.4. The maximum atomic E-state index is 13.3. The van der Waals surface area contributed by atoms with Gasteiger partial charge in [-0.2, -0.15) is 5.10 Å². The lowest BCUT2D eigenvalue weighted by molar-refractivity contribution is -0.142. The Kier molecular flexibility index (Phi) is 4.03. The lowest BCUT2D eigenvalue weighted by Gasteiger charge is -2.24. The van der Waals surface area contributed by atoms with Crippen LogP contribution >= 0.6 is 0 Å². The van der Waals surface area contributed by atoms with E-state index in [2.05, 4.69) is 5.10 Å². The number of rotatable bonds is 5. The monoisotopic (exact) mass is 339 g/mol. The van der Waals surface area contributed by atoms with Gasteiger partial charge in [0, 0.05) is 25.5 Å². The molecule has 1 aliphatic carbocycles. The van der Waals surface area contributed by atoms with E-state index in [1.54, 1.807) is 28.0 Å². The van der Waals surface area contributed by atoms with Gasteiger partial charge in [-0.15, -0.1) is 0 Å². The van der Waals surface area contributed by atoms with Crippen LogP contribution in [0, 0.1) is 17.8 Å². The molecule has 2 fully saturated rings. The second kappa shape index (κ2) is 6.35. The largest absolute Gasteiger partial charge is 0.481 e. The van der Waals surface area contributed by atoms with Gasteiger partial charge in [-0.1, -0.05) is 30.3 Å². The number of benzene rings is 1. The number of hydrogen-bond donors (Lipinski definition) is 1. The summed E-state index contributed by atoms with van der Waals surface area (Å²) in [6.07, 6.45) is 5.59. The summed E-state index contributed by atoms with van der Waals surface area (Å²) in [5.74, 6) is -0.786. The summed E-state index contributed by atoms with van der Waals surface area (Å²) in [6.45, 7) is 0.824. The summed E-state index contributed by atoms with van der Waals surface area (Å²) in [5, 5.41) is 13.8. The molecule has 2 aromatic rings. The van der Waals surface area contributed by atoms with Crippen molar-refractivity contribution in [3.63, 3.8) is 0 Å². The number of aromatic nitrogens is 2. The first-order chi connectivity index (χ1) is 12.1. The van der Waals surface area contributed by atoms with Crippen LogP contribution in [-0.2, 0) is 9.59 Å². The van der Waals surface area contributed by atoms with E-state index in [4.69, 9.17) is 0 Å². The van der Waals surface area contributed by atoms with E-state index in [9.17, 15) is 14.7 Å². The number of amides is 1. The van der Waals surface area contributed by atoms with E-state index in [1.165, 1.54) is 0 Å². The Balaban J connectivity index is 1.62. The average molecular weight is 339 g/mol. The molecule has 1 aliphatic heterocycles. The Morgan fingerprint density at radius 2 is 1.88 bits per heavy atom. The minimum atomic E-state index is -0.789. The molecule has 1 saturated heterocycles. The number of carbonyl (C=O) groups is 2. The number of likely N-dealkylation sites (tertiary alicyclic amines) is 1. The van der Waals surface area contributed by atoms with Crippen LogP contribution in [0.3, 0.4) is 0 Å². The van der Waals surface area contributed by atoms with Crippen molar-refractivity contribution in [3.8, 4) is 0 Å². The number of nitrogens with zero attached hydrogens (tertiary/aromatic N) is 3. The maximum Gasteiger partial charge on any atom is 0.308 e. The van der Waals surface area contributed by atoms with Crippen LogP contribution in [0.25, 0.3) is 0 Å². The fourth-order valence-electron chi connectivity index (χ4n) is 3.92. The van der Waals surface area contributed by atoms with E-state index in [1.807, 2.05) is 30.3 Å². The summed E-state index contributed by atoms with van der Waals surface area (Å²) < 4.78 is 1.65. The van der Waals surface area contributed by atoms with Crippen LogP contribution in [0.5, 0.6) is 0 Å². The van der Waals surface area contributed by atoms with Gasteiger partial charge in [0.05, 0.1) is 5.92 Å². The fraction of sp³-hybridized carbons (Fsp3) is 0.421. The summed E-state index contributed by atoms with van der Waals surface area (Å²) in [6, 6.07) is 10.8. The van der Waals surface area contributed by atoms with Crippen molar-refractivity contribution in [1.82, 2.24) is 14.7 Å². The molecule has 0 radical (unpaired) electrons. The van der Waals surface area contributed by atoms with E-state index in [-0.39, 0.29) is 11.8 Å². The van der Waals surface area contributed by atoms with Crippen molar-refractivity contribution in [2.45, 2.75) is 18.9 Å². The second-order valence-corrected chi connectivity index (χ2v) is 6.99. The molecule has 25 heavy (non-hydrogen) atoms. The standard InChI is InChI=1S/C19H21N3O3/c23-18(21-11-15(13-7-8-13)16(12-21)19(24)25)17(22-10-4-9-20-22)14-5-2-1-3-6-14/h1-6,9-10,13,15-17H,7-8,11-12H2,(H,24,25)/t15-,16+,17?/m1/s1. The maximum absolute atomic E-state index is 13.3. The third-order valence-electron chi connectivity index (χ3n) is 5.36. The first-order valence-electron chi connectivity index (χ1n) is 8.71. The highest BCUT2D eigenvalue weighted by Gasteiger charge is 2.47. The number of carbonyl (C=O) groups excluding carboxylic acids is 1. The minimum Gasteiger partial charge on any atom is -0.481 e. The molecule has 130 valence electrons. The summed E-state index contributed by atoms with van der Waals surface area (Å²) in [7, 11) is 0. The van der Waals surface area contributed by atoms with Crippen LogP contribution in [0.1, 0.15) is 24.4 Å². The fourth-order valence-corrected chi connectivity index (χ4v) is 3.92. The predicted octanol–water partition coefficient (Wildman–Crippen LogP) is 2.04. The Morgan fingerprint density at radius 3 is 2.48 bits per heavy atom. The third-order valence-corrected chi connectivity index (χ3v) is 5.36. The summed E-state index contributed by atoms with van der Waals surface area (Å²) >= 11 is 0. The topological polar surface area (TPSA) is 75.4 Å². The molecule has 6 heteroatoms. The van der Waals surface area contributed by atoms with Crippen LogP contribution in [0.2, 0.25) is 0 Å². The summed E-state index contributed by atoms with van der Waals surface area (Å²) in [5.41, 5.74) is 0.859. The quantitative estimate of drug-likeness (QED) is 0.904. The van der Waals surface area contributed by atoms with Crippen LogP contribution in [0.15, 0.2) is 48.8 Å². The van der Waals surface area contributed by atoms with Crippen molar-refractivity contribution in [3.05, 3.63) is 54.4 Å². The Labute approximate surface area is 146 Å². The normalized spacial score (nSPS) is 24.2. The lowest BCUT2D eigenvalue weighted by atomic mass is 9.92. The van der Waals surface area contributed by atoms with E-state index < -0.39 is 17.9 Å². The highest BCUT2D eigenvalue weighted by Crippen LogP contribution is 2.44. The van der Waals surface area contributed by atoms with E-state index in [0.717, 1.165) is 18.4 Å². The van der Waals surface area contributed by atoms with Gasteiger partial charge >= 0.3 is 5.97 Å². The van der Waals surface area contributed by atoms with Gasteiger partial charge in [0.1, 0.15) is 0 Å². The highest BCUT2D eigenvalue weighted by molar-refractivity contribution is 5.85. The smallest absolute Gasteiger partial charge is 0.308 e. The van der Waals surface area contributed by atoms with Crippen molar-refractivity contribution in [2.24, 2.45) is 17.8 Å². The van der Waals surface area contributed by atoms with Crippen molar-refractivity contribution in [2.75, 3.05) is 13.1 Å². The molecule has 2 aliphatic rings. The molecule has 1 N–H and O–H groups in total. The van der Waals surface area contributed by atoms with Gasteiger partial charge < -0.3 is 10.0 Å². The van der Waals surface area contributed by atoms with Gasteiger partial charge in [-0.3, -0.25) is 14.3 Å². The van der Waals surface area contributed by atoms with Gasteiger partial charge in [0.15, 0.2) is 6.04 Å². The molecule has 0 bridgehead atoms. The molecular weight excluding hydrogens is 318 g/mol. The zero-order valence-electron chi connectivity index (χ0n) is 13.9. The molecule has 4 rings (SSSR count). The molecule has 3 atom stereocenters. The van der Waals surface area contributed by atoms with Crippen LogP contribution in [0.4, 0.5) is 0 Å².